The third-order valence-corrected chi connectivity index (χ3v) is 3.41. The molecule has 2 rings (SSSR count). The van der Waals surface area contributed by atoms with Gasteiger partial charge in [-0.1, -0.05) is 35.9 Å². The SMILES string of the molecule is COC(=O)c1ccccc1NC(=O)CC(=O)Nc1ccccc1Cl. The number of nitrogens with one attached hydrogen (secondary N) is 2. The van der Waals surface area contributed by atoms with Gasteiger partial charge in [-0.05, 0) is 24.3 Å². The van der Waals surface area contributed by atoms with Gasteiger partial charge in [0.05, 0.1) is 29.1 Å². The third-order valence-electron chi connectivity index (χ3n) is 3.08. The molecule has 0 spiro atoms. The van der Waals surface area contributed by atoms with Gasteiger partial charge in [0.2, 0.25) is 11.8 Å². The molecule has 6 nitrogen and oxygen atoms in total. The molecule has 0 fully saturated rings. The average Bonchev–Trinajstić information content (AvgIpc) is 2.56. The standard InChI is InChI=1S/C17H15ClN2O4/c1-24-17(23)11-6-2-4-8-13(11)19-15(21)10-16(22)20-14-9-5-3-7-12(14)18/h2-9H,10H2,1H3,(H,19,21)(H,20,22). The summed E-state index contributed by atoms with van der Waals surface area (Å²) in [6.07, 6.45) is -0.416. The monoisotopic (exact) mass is 346 g/mol. The molecule has 7 heteroatoms. The van der Waals surface area contributed by atoms with Crippen molar-refractivity contribution in [3.63, 3.8) is 0 Å². The van der Waals surface area contributed by atoms with Gasteiger partial charge in [0, 0.05) is 0 Å². The number of amides is 2. The Morgan fingerprint density at radius 2 is 1.46 bits per heavy atom. The Morgan fingerprint density at radius 1 is 0.917 bits per heavy atom. The van der Waals surface area contributed by atoms with Crippen LogP contribution in [0.1, 0.15) is 16.8 Å². The highest BCUT2D eigenvalue weighted by molar-refractivity contribution is 6.33. The lowest BCUT2D eigenvalue weighted by Gasteiger charge is -2.10. The van der Waals surface area contributed by atoms with E-state index in [1.165, 1.54) is 13.2 Å². The van der Waals surface area contributed by atoms with Crippen LogP contribution in [0.2, 0.25) is 5.02 Å². The van der Waals surface area contributed by atoms with Crippen molar-refractivity contribution < 1.29 is 19.1 Å². The number of esters is 1. The van der Waals surface area contributed by atoms with Gasteiger partial charge in [-0.25, -0.2) is 4.79 Å². The molecule has 0 heterocycles. The highest BCUT2D eigenvalue weighted by Crippen LogP contribution is 2.21. The van der Waals surface area contributed by atoms with Gasteiger partial charge < -0.3 is 15.4 Å². The number of benzene rings is 2. The highest BCUT2D eigenvalue weighted by Gasteiger charge is 2.15. The fourth-order valence-electron chi connectivity index (χ4n) is 1.98. The van der Waals surface area contributed by atoms with E-state index in [4.69, 9.17) is 11.6 Å². The summed E-state index contributed by atoms with van der Waals surface area (Å²) in [5.74, 6) is -1.65. The first-order valence-electron chi connectivity index (χ1n) is 7.03. The minimum Gasteiger partial charge on any atom is -0.465 e. The molecule has 2 amide bonds. The van der Waals surface area contributed by atoms with Crippen LogP contribution in [0.4, 0.5) is 11.4 Å². The fourth-order valence-corrected chi connectivity index (χ4v) is 2.16. The number of hydrogen-bond donors (Lipinski definition) is 2. The number of methoxy groups -OCH3 is 1. The van der Waals surface area contributed by atoms with Crippen molar-refractivity contribution in [2.75, 3.05) is 17.7 Å². The fraction of sp³-hybridized carbons (Fsp3) is 0.118. The molecule has 24 heavy (non-hydrogen) atoms. The van der Waals surface area contributed by atoms with Gasteiger partial charge in [-0.3, -0.25) is 9.59 Å². The maximum Gasteiger partial charge on any atom is 0.339 e. The van der Waals surface area contributed by atoms with Crippen LogP contribution in [0.5, 0.6) is 0 Å². The minimum absolute atomic E-state index is 0.208. The molecule has 0 radical (unpaired) electrons. The first-order chi connectivity index (χ1) is 11.5. The number of carbonyl (C=O) groups excluding carboxylic acids is 3. The predicted octanol–water partition coefficient (Wildman–Crippen LogP) is 3.09. The van der Waals surface area contributed by atoms with Crippen molar-refractivity contribution in [2.45, 2.75) is 6.42 Å². The van der Waals surface area contributed by atoms with Crippen LogP contribution in [-0.4, -0.2) is 24.9 Å². The van der Waals surface area contributed by atoms with Crippen LogP contribution in [-0.2, 0) is 14.3 Å². The van der Waals surface area contributed by atoms with E-state index in [0.29, 0.717) is 10.7 Å². The molecule has 0 saturated heterocycles. The molecule has 2 aromatic carbocycles. The number of halogens is 1. The first-order valence-corrected chi connectivity index (χ1v) is 7.40. The van der Waals surface area contributed by atoms with Crippen molar-refractivity contribution in [2.24, 2.45) is 0 Å². The molecule has 2 aromatic rings. The molecule has 0 bridgehead atoms. The first kappa shape index (κ1) is 17.5. The maximum atomic E-state index is 12.0. The number of ether oxygens (including phenoxy) is 1. The zero-order valence-corrected chi connectivity index (χ0v) is 13.6. The Bertz CT molecular complexity index is 777. The van der Waals surface area contributed by atoms with Crippen LogP contribution < -0.4 is 10.6 Å². The third kappa shape index (κ3) is 4.57. The smallest absolute Gasteiger partial charge is 0.339 e. The van der Waals surface area contributed by atoms with Crippen LogP contribution in [0.3, 0.4) is 0 Å². The Balaban J connectivity index is 2.00. The minimum atomic E-state index is -0.577. The topological polar surface area (TPSA) is 84.5 Å². The molecule has 0 aromatic heterocycles. The van der Waals surface area contributed by atoms with E-state index in [1.54, 1.807) is 42.5 Å². The molecule has 0 aliphatic carbocycles. The molecule has 0 unspecified atom stereocenters. The molecule has 124 valence electrons. The van der Waals surface area contributed by atoms with Gasteiger partial charge >= 0.3 is 5.97 Å². The van der Waals surface area contributed by atoms with Gasteiger partial charge in [0.15, 0.2) is 0 Å². The quantitative estimate of drug-likeness (QED) is 0.643. The molecule has 0 saturated carbocycles. The van der Waals surface area contributed by atoms with Gasteiger partial charge in [-0.2, -0.15) is 0 Å². The van der Waals surface area contributed by atoms with E-state index in [0.717, 1.165) is 0 Å². The molecular formula is C17H15ClN2O4. The van der Waals surface area contributed by atoms with Crippen LogP contribution in [0, 0.1) is 0 Å². The lowest BCUT2D eigenvalue weighted by atomic mass is 10.1. The second-order valence-corrected chi connectivity index (χ2v) is 5.20. The van der Waals surface area contributed by atoms with Crippen LogP contribution in [0.15, 0.2) is 48.5 Å². The second-order valence-electron chi connectivity index (χ2n) is 4.79. The second kappa shape index (κ2) is 8.12. The zero-order chi connectivity index (χ0) is 17.5. The number of carbonyl (C=O) groups is 3. The van der Waals surface area contributed by atoms with E-state index >= 15 is 0 Å². The number of hydrogen-bond acceptors (Lipinski definition) is 4. The van der Waals surface area contributed by atoms with E-state index in [-0.39, 0.29) is 11.3 Å². The lowest BCUT2D eigenvalue weighted by molar-refractivity contribution is -0.123. The summed E-state index contributed by atoms with van der Waals surface area (Å²) in [4.78, 5) is 35.6. The lowest BCUT2D eigenvalue weighted by Crippen LogP contribution is -2.22. The Hall–Kier alpha value is -2.86. The van der Waals surface area contributed by atoms with E-state index in [1.807, 2.05) is 0 Å². The van der Waals surface area contributed by atoms with E-state index in [2.05, 4.69) is 15.4 Å². The average molecular weight is 347 g/mol. The van der Waals surface area contributed by atoms with E-state index in [9.17, 15) is 14.4 Å². The van der Waals surface area contributed by atoms with Crippen molar-refractivity contribution in [3.8, 4) is 0 Å². The summed E-state index contributed by atoms with van der Waals surface area (Å²) in [5, 5.41) is 5.45. The van der Waals surface area contributed by atoms with Crippen LogP contribution >= 0.6 is 11.6 Å². The molecule has 2 N–H and O–H groups in total. The van der Waals surface area contributed by atoms with Gasteiger partial charge in [-0.15, -0.1) is 0 Å². The maximum absolute atomic E-state index is 12.0. The molecule has 0 aliphatic heterocycles. The summed E-state index contributed by atoms with van der Waals surface area (Å²) >= 11 is 5.94. The zero-order valence-electron chi connectivity index (χ0n) is 12.8. The molecule has 0 aliphatic rings. The Morgan fingerprint density at radius 3 is 2.08 bits per heavy atom. The van der Waals surface area contributed by atoms with Crippen LogP contribution in [0.25, 0.3) is 0 Å². The number of rotatable bonds is 5. The van der Waals surface area contributed by atoms with Crippen molar-refractivity contribution >= 4 is 40.8 Å². The normalized spacial score (nSPS) is 9.92. The van der Waals surface area contributed by atoms with Gasteiger partial charge in [0.1, 0.15) is 6.42 Å². The number of anilines is 2. The van der Waals surface area contributed by atoms with Gasteiger partial charge in [0.25, 0.3) is 0 Å². The summed E-state index contributed by atoms with van der Waals surface area (Å²) in [7, 11) is 1.25. The summed E-state index contributed by atoms with van der Waals surface area (Å²) < 4.78 is 4.65. The predicted molar refractivity (Wildman–Crippen MR) is 91.1 cm³/mol. The van der Waals surface area contributed by atoms with Crippen molar-refractivity contribution in [3.05, 3.63) is 59.1 Å². The molecular weight excluding hydrogens is 332 g/mol. The van der Waals surface area contributed by atoms with E-state index < -0.39 is 24.2 Å². The van der Waals surface area contributed by atoms with Crippen molar-refractivity contribution in [1.82, 2.24) is 0 Å². The highest BCUT2D eigenvalue weighted by atomic mass is 35.5. The number of para-hydroxylation sites is 2. The van der Waals surface area contributed by atoms with Crippen molar-refractivity contribution in [1.29, 1.82) is 0 Å². The summed E-state index contributed by atoms with van der Waals surface area (Å²) in [6, 6.07) is 13.1. The largest absolute Gasteiger partial charge is 0.465 e. The Labute approximate surface area is 143 Å². The molecule has 0 atom stereocenters. The summed E-state index contributed by atoms with van der Waals surface area (Å²) in [5.41, 5.74) is 0.909. The Kier molecular flexibility index (Phi) is 5.92. The summed E-state index contributed by atoms with van der Waals surface area (Å²) in [6.45, 7) is 0.